The van der Waals surface area contributed by atoms with Crippen LogP contribution < -0.4 is 0 Å². The highest BCUT2D eigenvalue weighted by Crippen LogP contribution is 2.52. The van der Waals surface area contributed by atoms with Crippen molar-refractivity contribution < 1.29 is 9.05 Å². The van der Waals surface area contributed by atoms with E-state index < -0.39 is 25.0 Å². The van der Waals surface area contributed by atoms with Gasteiger partial charge in [0, 0.05) is 0 Å². The molecule has 1 aliphatic rings. The van der Waals surface area contributed by atoms with Gasteiger partial charge in [0.2, 0.25) is 0 Å². The summed E-state index contributed by atoms with van der Waals surface area (Å²) in [5, 5.41) is 0. The molecule has 1 aliphatic heterocycles. The SMILES string of the molecule is C[Si](C)(C)N(P1OC=CO1)[Si](C)(C)C. The minimum atomic E-state index is -1.35. The summed E-state index contributed by atoms with van der Waals surface area (Å²) in [6, 6.07) is 0. The van der Waals surface area contributed by atoms with Crippen LogP contribution in [0.1, 0.15) is 0 Å². The molecule has 0 aliphatic carbocycles. The van der Waals surface area contributed by atoms with Crippen LogP contribution in [0, 0.1) is 0 Å². The van der Waals surface area contributed by atoms with Crippen molar-refractivity contribution in [2.75, 3.05) is 0 Å². The van der Waals surface area contributed by atoms with Gasteiger partial charge in [-0.2, -0.15) is 0 Å². The Labute approximate surface area is 90.2 Å². The molecule has 3 nitrogen and oxygen atoms in total. The number of nitrogens with zero attached hydrogens (tertiary/aromatic N) is 1. The largest absolute Gasteiger partial charge is 0.432 e. The molecular weight excluding hydrogens is 229 g/mol. The molecule has 0 aromatic rings. The average Bonchev–Trinajstić information content (AvgIpc) is 2.31. The second-order valence-electron chi connectivity index (χ2n) is 5.37. The van der Waals surface area contributed by atoms with Crippen molar-refractivity contribution in [2.45, 2.75) is 39.3 Å². The third-order valence-electron chi connectivity index (χ3n) is 1.79. The quantitative estimate of drug-likeness (QED) is 0.562. The highest BCUT2D eigenvalue weighted by Gasteiger charge is 2.43. The summed E-state index contributed by atoms with van der Waals surface area (Å²) in [4.78, 5) is 0. The van der Waals surface area contributed by atoms with Crippen LogP contribution in [0.25, 0.3) is 0 Å². The van der Waals surface area contributed by atoms with Crippen molar-refractivity contribution in [1.29, 1.82) is 0 Å². The van der Waals surface area contributed by atoms with E-state index in [4.69, 9.17) is 9.05 Å². The molecule has 1 rings (SSSR count). The molecule has 0 radical (unpaired) electrons. The maximum atomic E-state index is 5.53. The van der Waals surface area contributed by atoms with Crippen LogP contribution in [-0.2, 0) is 9.05 Å². The summed E-state index contributed by atoms with van der Waals surface area (Å²) < 4.78 is 13.6. The van der Waals surface area contributed by atoms with Crippen molar-refractivity contribution in [3.8, 4) is 0 Å². The molecule has 82 valence electrons. The monoisotopic (exact) mass is 249 g/mol. The van der Waals surface area contributed by atoms with Crippen molar-refractivity contribution in [3.05, 3.63) is 12.5 Å². The highest BCUT2D eigenvalue weighted by molar-refractivity contribution is 7.51. The Balaban J connectivity index is 2.83. The Morgan fingerprint density at radius 1 is 0.857 bits per heavy atom. The molecule has 0 fully saturated rings. The third-order valence-corrected chi connectivity index (χ3v) is 13.9. The fourth-order valence-electron chi connectivity index (χ4n) is 1.77. The van der Waals surface area contributed by atoms with Gasteiger partial charge in [-0.15, -0.1) is 0 Å². The molecule has 0 aromatic carbocycles. The molecule has 6 heteroatoms. The van der Waals surface area contributed by atoms with Crippen molar-refractivity contribution in [1.82, 2.24) is 4.00 Å². The Bertz CT molecular complexity index is 212. The van der Waals surface area contributed by atoms with E-state index in [1.54, 1.807) is 12.5 Å². The van der Waals surface area contributed by atoms with E-state index >= 15 is 0 Å². The molecule has 0 aromatic heterocycles. The maximum absolute atomic E-state index is 5.53. The summed E-state index contributed by atoms with van der Waals surface area (Å²) in [7, 11) is -3.55. The first kappa shape index (κ1) is 12.2. The summed E-state index contributed by atoms with van der Waals surface area (Å²) >= 11 is 0. The fraction of sp³-hybridized carbons (Fsp3) is 0.750. The van der Waals surface area contributed by atoms with E-state index in [0.29, 0.717) is 0 Å². The van der Waals surface area contributed by atoms with Crippen molar-refractivity contribution in [3.63, 3.8) is 0 Å². The zero-order valence-corrected chi connectivity index (χ0v) is 12.8. The lowest BCUT2D eigenvalue weighted by Crippen LogP contribution is -2.55. The summed E-state index contributed by atoms with van der Waals surface area (Å²) in [6.45, 7) is 14.1. The van der Waals surface area contributed by atoms with Gasteiger partial charge >= 0.3 is 8.53 Å². The number of rotatable bonds is 3. The van der Waals surface area contributed by atoms with Gasteiger partial charge in [-0.05, 0) is 0 Å². The van der Waals surface area contributed by atoms with Gasteiger partial charge < -0.3 is 9.05 Å². The molecule has 0 atom stereocenters. The summed E-state index contributed by atoms with van der Waals surface area (Å²) in [5.41, 5.74) is 0. The van der Waals surface area contributed by atoms with Crippen molar-refractivity contribution >= 4 is 25.0 Å². The van der Waals surface area contributed by atoms with Crippen LogP contribution in [0.2, 0.25) is 39.3 Å². The maximum Gasteiger partial charge on any atom is 0.369 e. The Hall–Kier alpha value is 0.164. The van der Waals surface area contributed by atoms with E-state index in [0.717, 1.165) is 0 Å². The second kappa shape index (κ2) is 3.96. The lowest BCUT2D eigenvalue weighted by atomic mass is 11.1. The van der Waals surface area contributed by atoms with Gasteiger partial charge in [0.25, 0.3) is 0 Å². The zero-order valence-electron chi connectivity index (χ0n) is 9.87. The van der Waals surface area contributed by atoms with Gasteiger partial charge in [0.1, 0.15) is 29.0 Å². The molecule has 1 heterocycles. The Morgan fingerprint density at radius 2 is 1.21 bits per heavy atom. The molecule has 14 heavy (non-hydrogen) atoms. The number of hydrogen-bond donors (Lipinski definition) is 0. The van der Waals surface area contributed by atoms with E-state index in [2.05, 4.69) is 43.3 Å². The van der Waals surface area contributed by atoms with Gasteiger partial charge in [-0.3, -0.25) is 4.00 Å². The fourth-order valence-corrected chi connectivity index (χ4v) is 14.8. The smallest absolute Gasteiger partial charge is 0.369 e. The normalized spacial score (nSPS) is 18.5. The van der Waals surface area contributed by atoms with Crippen LogP contribution >= 0.6 is 8.53 Å². The predicted octanol–water partition coefficient (Wildman–Crippen LogP) is 3.70. The first-order valence-corrected chi connectivity index (χ1v) is 12.8. The molecule has 0 amide bonds. The van der Waals surface area contributed by atoms with Gasteiger partial charge in [-0.25, -0.2) is 0 Å². The summed E-state index contributed by atoms with van der Waals surface area (Å²) in [6.07, 6.45) is 3.33. The van der Waals surface area contributed by atoms with Crippen molar-refractivity contribution in [2.24, 2.45) is 0 Å². The van der Waals surface area contributed by atoms with Crippen LogP contribution in [0.5, 0.6) is 0 Å². The molecule has 0 spiro atoms. The standard InChI is InChI=1S/C8H20NO2PSi2/c1-13(2,3)9(14(4,5)6)12-10-7-8-11-12/h7-8H,1-6H3. The topological polar surface area (TPSA) is 21.7 Å². The molecule has 0 N–H and O–H groups in total. The lowest BCUT2D eigenvalue weighted by molar-refractivity contribution is 0.447. The van der Waals surface area contributed by atoms with Crippen LogP contribution in [0.3, 0.4) is 0 Å². The predicted molar refractivity (Wildman–Crippen MR) is 66.8 cm³/mol. The first-order valence-electron chi connectivity index (χ1n) is 4.82. The zero-order chi connectivity index (χ0) is 11.0. The molecule has 0 saturated heterocycles. The van der Waals surface area contributed by atoms with Gasteiger partial charge in [0.15, 0.2) is 0 Å². The Kier molecular flexibility index (Phi) is 3.46. The number of hydrogen-bond acceptors (Lipinski definition) is 3. The molecule has 0 bridgehead atoms. The minimum absolute atomic E-state index is 0.839. The van der Waals surface area contributed by atoms with Crippen LogP contribution in [-0.4, -0.2) is 20.5 Å². The second-order valence-corrected chi connectivity index (χ2v) is 17.4. The molecular formula is C8H20NO2PSi2. The highest BCUT2D eigenvalue weighted by atomic mass is 31.2. The molecule has 0 saturated carbocycles. The summed E-state index contributed by atoms with van der Waals surface area (Å²) in [5.74, 6) is 0. The average molecular weight is 249 g/mol. The molecule has 0 unspecified atom stereocenters. The van der Waals surface area contributed by atoms with Gasteiger partial charge in [0.05, 0.1) is 0 Å². The van der Waals surface area contributed by atoms with E-state index in [1.165, 1.54) is 0 Å². The lowest BCUT2D eigenvalue weighted by Gasteiger charge is -2.43. The van der Waals surface area contributed by atoms with Crippen LogP contribution in [0.15, 0.2) is 12.5 Å². The third kappa shape index (κ3) is 2.83. The van der Waals surface area contributed by atoms with E-state index in [1.807, 2.05) is 0 Å². The first-order chi connectivity index (χ1) is 6.23. The minimum Gasteiger partial charge on any atom is -0.432 e. The van der Waals surface area contributed by atoms with Gasteiger partial charge in [-0.1, -0.05) is 39.3 Å². The van der Waals surface area contributed by atoms with E-state index in [9.17, 15) is 0 Å². The van der Waals surface area contributed by atoms with Crippen LogP contribution in [0.4, 0.5) is 0 Å². The van der Waals surface area contributed by atoms with E-state index in [-0.39, 0.29) is 0 Å². The Morgan fingerprint density at radius 3 is 1.50 bits per heavy atom.